The van der Waals surface area contributed by atoms with Crippen molar-refractivity contribution in [2.75, 3.05) is 31.1 Å². The second kappa shape index (κ2) is 8.58. The molecule has 2 saturated heterocycles. The van der Waals surface area contributed by atoms with Gasteiger partial charge in [-0.25, -0.2) is 4.79 Å². The first-order valence-electron chi connectivity index (χ1n) is 10.5. The number of anilines is 1. The quantitative estimate of drug-likeness (QED) is 0.821. The minimum atomic E-state index is -0.893. The molecule has 2 heterocycles. The first-order chi connectivity index (χ1) is 14.4. The predicted molar refractivity (Wildman–Crippen MR) is 115 cm³/mol. The van der Waals surface area contributed by atoms with Crippen LogP contribution in [0.15, 0.2) is 54.6 Å². The lowest BCUT2D eigenvalue weighted by Gasteiger charge is -2.47. The molecule has 2 aromatic carbocycles. The Hall–Kier alpha value is -2.70. The normalized spacial score (nSPS) is 23.5. The number of morpholine rings is 1. The molecule has 1 N–H and O–H groups in total. The van der Waals surface area contributed by atoms with Gasteiger partial charge in [0.2, 0.25) is 0 Å². The number of ether oxygens (including phenoxy) is 1. The highest BCUT2D eigenvalue weighted by Gasteiger charge is 2.43. The maximum atomic E-state index is 12.4. The van der Waals surface area contributed by atoms with E-state index in [9.17, 15) is 14.7 Å². The third-order valence-corrected chi connectivity index (χ3v) is 6.40. The summed E-state index contributed by atoms with van der Waals surface area (Å²) in [6.45, 7) is 5.43. The average molecular weight is 408 g/mol. The van der Waals surface area contributed by atoms with Gasteiger partial charge in [0.25, 0.3) is 5.91 Å². The van der Waals surface area contributed by atoms with Crippen LogP contribution in [0.4, 0.5) is 5.69 Å². The van der Waals surface area contributed by atoms with Gasteiger partial charge in [-0.15, -0.1) is 0 Å². The van der Waals surface area contributed by atoms with Crippen LogP contribution in [0, 0.1) is 5.92 Å². The molecular weight excluding hydrogens is 380 g/mol. The second-order valence-electron chi connectivity index (χ2n) is 8.47. The molecule has 2 aliphatic heterocycles. The third-order valence-electron chi connectivity index (χ3n) is 6.40. The molecule has 30 heavy (non-hydrogen) atoms. The number of carboxylic acid groups (broad SMARTS) is 1. The number of carbonyl (C=O) groups is 2. The molecule has 0 radical (unpaired) electrons. The Morgan fingerprint density at radius 2 is 1.87 bits per heavy atom. The first kappa shape index (κ1) is 20.6. The van der Waals surface area contributed by atoms with Crippen LogP contribution >= 0.6 is 0 Å². The maximum absolute atomic E-state index is 12.4. The molecule has 0 aliphatic carbocycles. The maximum Gasteiger partial charge on any atom is 0.335 e. The van der Waals surface area contributed by atoms with Gasteiger partial charge in [-0.2, -0.15) is 0 Å². The summed E-state index contributed by atoms with van der Waals surface area (Å²) >= 11 is 0. The molecule has 0 bridgehead atoms. The van der Waals surface area contributed by atoms with Crippen LogP contribution in [0.3, 0.4) is 0 Å². The number of hydrogen-bond acceptors (Lipinski definition) is 4. The van der Waals surface area contributed by atoms with Crippen molar-refractivity contribution < 1.29 is 19.4 Å². The van der Waals surface area contributed by atoms with E-state index in [1.807, 2.05) is 41.3 Å². The van der Waals surface area contributed by atoms with Crippen molar-refractivity contribution in [2.24, 2.45) is 5.92 Å². The van der Waals surface area contributed by atoms with Crippen molar-refractivity contribution in [2.45, 2.75) is 31.9 Å². The molecule has 0 saturated carbocycles. The summed E-state index contributed by atoms with van der Waals surface area (Å²) in [4.78, 5) is 27.9. The smallest absolute Gasteiger partial charge is 0.335 e. The van der Waals surface area contributed by atoms with Gasteiger partial charge in [-0.3, -0.25) is 9.69 Å². The van der Waals surface area contributed by atoms with Crippen LogP contribution in [-0.2, 0) is 16.1 Å². The molecule has 6 nitrogen and oxygen atoms in total. The molecule has 1 amide bonds. The number of piperidine rings is 1. The van der Waals surface area contributed by atoms with E-state index >= 15 is 0 Å². The van der Waals surface area contributed by atoms with E-state index in [2.05, 4.69) is 11.8 Å². The number of carbonyl (C=O) groups excluding carboxylic acids is 1. The number of likely N-dealkylation sites (tertiary alicyclic amines) is 1. The summed E-state index contributed by atoms with van der Waals surface area (Å²) in [6, 6.07) is 17.0. The lowest BCUT2D eigenvalue weighted by Crippen LogP contribution is -2.58. The fourth-order valence-electron chi connectivity index (χ4n) is 4.61. The van der Waals surface area contributed by atoms with Gasteiger partial charge in [0.1, 0.15) is 6.61 Å². The van der Waals surface area contributed by atoms with Gasteiger partial charge in [0.05, 0.1) is 17.7 Å². The molecule has 2 aromatic rings. The Morgan fingerprint density at radius 3 is 2.57 bits per heavy atom. The van der Waals surface area contributed by atoms with Gasteiger partial charge < -0.3 is 14.7 Å². The molecule has 2 aliphatic rings. The Labute approximate surface area is 177 Å². The van der Waals surface area contributed by atoms with Crippen LogP contribution in [0.1, 0.15) is 35.7 Å². The van der Waals surface area contributed by atoms with Crippen LogP contribution in [0.25, 0.3) is 0 Å². The predicted octanol–water partition coefficient (Wildman–Crippen LogP) is 3.42. The second-order valence-corrected chi connectivity index (χ2v) is 8.47. The Balaban J connectivity index is 1.38. The molecule has 0 spiro atoms. The van der Waals surface area contributed by atoms with Crippen LogP contribution in [0.5, 0.6) is 0 Å². The first-order valence-corrected chi connectivity index (χ1v) is 10.5. The third kappa shape index (κ3) is 4.40. The number of carboxylic acids is 1. The van der Waals surface area contributed by atoms with E-state index in [-0.39, 0.29) is 18.1 Å². The van der Waals surface area contributed by atoms with Crippen LogP contribution in [-0.4, -0.2) is 53.7 Å². The minimum Gasteiger partial charge on any atom is -0.478 e. The highest BCUT2D eigenvalue weighted by atomic mass is 16.5. The molecule has 158 valence electrons. The fourth-order valence-corrected chi connectivity index (χ4v) is 4.61. The molecule has 1 atom stereocenters. The van der Waals surface area contributed by atoms with Crippen molar-refractivity contribution in [1.29, 1.82) is 0 Å². The van der Waals surface area contributed by atoms with Crippen molar-refractivity contribution >= 4 is 17.6 Å². The summed E-state index contributed by atoms with van der Waals surface area (Å²) in [7, 11) is 0. The van der Waals surface area contributed by atoms with E-state index in [1.54, 1.807) is 18.2 Å². The minimum absolute atomic E-state index is 0.00873. The van der Waals surface area contributed by atoms with Crippen LogP contribution in [0.2, 0.25) is 0 Å². The van der Waals surface area contributed by atoms with Crippen LogP contribution < -0.4 is 4.90 Å². The zero-order valence-corrected chi connectivity index (χ0v) is 17.3. The van der Waals surface area contributed by atoms with E-state index in [0.717, 1.165) is 43.7 Å². The van der Waals surface area contributed by atoms with E-state index in [4.69, 9.17) is 4.74 Å². The Bertz CT molecular complexity index is 908. The Kier molecular flexibility index (Phi) is 5.88. The number of benzene rings is 2. The lowest BCUT2D eigenvalue weighted by molar-refractivity contribution is -0.146. The number of nitrogens with zero attached hydrogens (tertiary/aromatic N) is 2. The Morgan fingerprint density at radius 1 is 1.13 bits per heavy atom. The standard InChI is InChI=1S/C24H28N2O4/c1-24(17-26(22(27)16-30-24)21-8-3-2-4-9-21)20-10-12-25(13-11-20)15-18-6-5-7-19(14-18)23(28)29/h2-9,14,20H,10-13,15-17H2,1H3,(H,28,29). The van der Waals surface area contributed by atoms with E-state index < -0.39 is 5.97 Å². The van der Waals surface area contributed by atoms with Gasteiger partial charge in [0.15, 0.2) is 0 Å². The van der Waals surface area contributed by atoms with E-state index in [1.165, 1.54) is 0 Å². The molecule has 2 fully saturated rings. The van der Waals surface area contributed by atoms with Gasteiger partial charge in [-0.05, 0) is 68.6 Å². The summed E-state index contributed by atoms with van der Waals surface area (Å²) in [6.07, 6.45) is 1.98. The molecular formula is C24H28N2O4. The number of aromatic carboxylic acids is 1. The topological polar surface area (TPSA) is 70.1 Å². The van der Waals surface area contributed by atoms with Gasteiger partial charge in [0, 0.05) is 12.2 Å². The number of para-hydroxylation sites is 1. The molecule has 4 rings (SSSR count). The lowest BCUT2D eigenvalue weighted by atomic mass is 9.80. The summed E-state index contributed by atoms with van der Waals surface area (Å²) in [5.74, 6) is -0.511. The highest BCUT2D eigenvalue weighted by molar-refractivity contribution is 5.95. The monoisotopic (exact) mass is 408 g/mol. The van der Waals surface area contributed by atoms with E-state index in [0.29, 0.717) is 18.0 Å². The van der Waals surface area contributed by atoms with Crippen molar-refractivity contribution in [1.82, 2.24) is 4.90 Å². The number of rotatable bonds is 5. The van der Waals surface area contributed by atoms with Crippen molar-refractivity contribution in [3.05, 3.63) is 65.7 Å². The summed E-state index contributed by atoms with van der Waals surface area (Å²) in [5, 5.41) is 9.19. The fraction of sp³-hybridized carbons (Fsp3) is 0.417. The highest BCUT2D eigenvalue weighted by Crippen LogP contribution is 2.36. The van der Waals surface area contributed by atoms with Gasteiger partial charge in [-0.1, -0.05) is 30.3 Å². The van der Waals surface area contributed by atoms with Crippen molar-refractivity contribution in [3.8, 4) is 0 Å². The molecule has 1 unspecified atom stereocenters. The zero-order chi connectivity index (χ0) is 21.1. The van der Waals surface area contributed by atoms with Gasteiger partial charge >= 0.3 is 5.97 Å². The number of amides is 1. The molecule has 6 heteroatoms. The summed E-state index contributed by atoms with van der Waals surface area (Å²) < 4.78 is 6.09. The largest absolute Gasteiger partial charge is 0.478 e. The zero-order valence-electron chi connectivity index (χ0n) is 17.3. The SMILES string of the molecule is CC1(C2CCN(Cc3cccc(C(=O)O)c3)CC2)CN(c2ccccc2)C(=O)CO1. The van der Waals surface area contributed by atoms with Crippen molar-refractivity contribution in [3.63, 3.8) is 0 Å². The molecule has 0 aromatic heterocycles. The average Bonchev–Trinajstić information content (AvgIpc) is 2.77. The summed E-state index contributed by atoms with van der Waals surface area (Å²) in [5.41, 5.74) is 1.91. The number of hydrogen-bond donors (Lipinski definition) is 1.